The normalized spacial score (nSPS) is 14.7. The maximum Gasteiger partial charge on any atom is 0.321 e. The van der Waals surface area contributed by atoms with Gasteiger partial charge in [0.1, 0.15) is 0 Å². The van der Waals surface area contributed by atoms with Gasteiger partial charge in [-0.15, -0.1) is 0 Å². The predicted molar refractivity (Wildman–Crippen MR) is 89.7 cm³/mol. The average Bonchev–Trinajstić information content (AvgIpc) is 2.57. The summed E-state index contributed by atoms with van der Waals surface area (Å²) in [5.41, 5.74) is 0.706. The molecule has 7 heteroatoms. The highest BCUT2D eigenvalue weighted by Crippen LogP contribution is 2.14. The number of nitrogens with one attached hydrogen (secondary N) is 1. The fourth-order valence-corrected chi connectivity index (χ4v) is 2.55. The third kappa shape index (κ3) is 5.41. The monoisotopic (exact) mass is 339 g/mol. The van der Waals surface area contributed by atoms with Gasteiger partial charge in [-0.1, -0.05) is 11.6 Å². The molecule has 1 aromatic carbocycles. The van der Waals surface area contributed by atoms with E-state index < -0.39 is 0 Å². The van der Waals surface area contributed by atoms with Crippen molar-refractivity contribution in [2.45, 2.75) is 12.8 Å². The van der Waals surface area contributed by atoms with Crippen molar-refractivity contribution in [1.82, 2.24) is 9.80 Å². The Morgan fingerprint density at radius 3 is 2.35 bits per heavy atom. The summed E-state index contributed by atoms with van der Waals surface area (Å²) in [6.45, 7) is 2.81. The zero-order valence-corrected chi connectivity index (χ0v) is 14.0. The maximum absolute atomic E-state index is 12.2. The third-order valence-corrected chi connectivity index (χ3v) is 4.01. The number of hydrogen-bond acceptors (Lipinski definition) is 3. The van der Waals surface area contributed by atoms with Crippen molar-refractivity contribution in [3.05, 3.63) is 29.3 Å². The van der Waals surface area contributed by atoms with Crippen LogP contribution in [0.1, 0.15) is 12.8 Å². The molecule has 0 saturated carbocycles. The Labute approximate surface area is 141 Å². The minimum atomic E-state index is -0.154. The number of carbonyl (C=O) groups is 2. The van der Waals surface area contributed by atoms with Crippen molar-refractivity contribution in [3.63, 3.8) is 0 Å². The highest BCUT2D eigenvalue weighted by molar-refractivity contribution is 6.30. The molecule has 1 saturated heterocycles. The number of benzene rings is 1. The molecule has 2 rings (SSSR count). The van der Waals surface area contributed by atoms with Gasteiger partial charge in [0, 0.05) is 57.0 Å². The lowest BCUT2D eigenvalue weighted by molar-refractivity contribution is -0.132. The Kier molecular flexibility index (Phi) is 6.67. The second-order valence-corrected chi connectivity index (χ2v) is 5.84. The molecular formula is C16H22ClN3O3. The number of amides is 3. The van der Waals surface area contributed by atoms with Crippen molar-refractivity contribution >= 4 is 29.2 Å². The van der Waals surface area contributed by atoms with Crippen LogP contribution in [0.25, 0.3) is 0 Å². The molecule has 1 aliphatic rings. The molecule has 1 fully saturated rings. The number of piperazine rings is 1. The summed E-state index contributed by atoms with van der Waals surface area (Å²) in [5, 5.41) is 3.46. The van der Waals surface area contributed by atoms with Gasteiger partial charge in [-0.3, -0.25) is 4.79 Å². The first-order valence-electron chi connectivity index (χ1n) is 7.68. The van der Waals surface area contributed by atoms with Gasteiger partial charge in [-0.25, -0.2) is 4.79 Å². The van der Waals surface area contributed by atoms with Gasteiger partial charge >= 0.3 is 6.03 Å². The molecule has 1 aliphatic heterocycles. The van der Waals surface area contributed by atoms with Crippen molar-refractivity contribution in [3.8, 4) is 0 Å². The summed E-state index contributed by atoms with van der Waals surface area (Å²) in [6, 6.07) is 6.83. The molecule has 1 heterocycles. The van der Waals surface area contributed by atoms with Crippen molar-refractivity contribution in [1.29, 1.82) is 0 Å². The van der Waals surface area contributed by atoms with E-state index in [1.807, 2.05) is 4.90 Å². The van der Waals surface area contributed by atoms with Crippen LogP contribution in [0.4, 0.5) is 10.5 Å². The van der Waals surface area contributed by atoms with E-state index in [0.29, 0.717) is 49.9 Å². The molecule has 0 radical (unpaired) electrons. The number of urea groups is 1. The molecule has 1 N–H and O–H groups in total. The van der Waals surface area contributed by atoms with Crippen LogP contribution in [-0.4, -0.2) is 61.6 Å². The molecule has 6 nitrogen and oxygen atoms in total. The summed E-state index contributed by atoms with van der Waals surface area (Å²) in [5.74, 6) is 0.125. The highest BCUT2D eigenvalue weighted by atomic mass is 35.5. The number of methoxy groups -OCH3 is 1. The molecule has 0 bridgehead atoms. The number of rotatable bonds is 5. The lowest BCUT2D eigenvalue weighted by atomic mass is 10.2. The van der Waals surface area contributed by atoms with Crippen LogP contribution in [0, 0.1) is 0 Å². The summed E-state index contributed by atoms with van der Waals surface area (Å²) in [4.78, 5) is 27.7. The fraction of sp³-hybridized carbons (Fsp3) is 0.500. The molecule has 0 aliphatic carbocycles. The Morgan fingerprint density at radius 2 is 1.74 bits per heavy atom. The van der Waals surface area contributed by atoms with E-state index in [2.05, 4.69) is 5.32 Å². The van der Waals surface area contributed by atoms with E-state index in [4.69, 9.17) is 16.3 Å². The van der Waals surface area contributed by atoms with Crippen molar-refractivity contribution < 1.29 is 14.3 Å². The van der Waals surface area contributed by atoms with E-state index in [0.717, 1.165) is 6.42 Å². The molecule has 1 aromatic rings. The minimum absolute atomic E-state index is 0.125. The van der Waals surface area contributed by atoms with Crippen LogP contribution in [0.3, 0.4) is 0 Å². The van der Waals surface area contributed by atoms with E-state index in [1.54, 1.807) is 36.3 Å². The van der Waals surface area contributed by atoms with Gasteiger partial charge < -0.3 is 19.9 Å². The first-order chi connectivity index (χ1) is 11.1. The number of ether oxygens (including phenoxy) is 1. The Bertz CT molecular complexity index is 528. The molecule has 0 atom stereocenters. The van der Waals surface area contributed by atoms with Crippen LogP contribution in [0.5, 0.6) is 0 Å². The summed E-state index contributed by atoms with van der Waals surface area (Å²) < 4.78 is 4.95. The summed E-state index contributed by atoms with van der Waals surface area (Å²) in [6.07, 6.45) is 1.22. The van der Waals surface area contributed by atoms with Gasteiger partial charge in [-0.05, 0) is 30.7 Å². The zero-order chi connectivity index (χ0) is 16.7. The summed E-state index contributed by atoms with van der Waals surface area (Å²) >= 11 is 5.82. The number of hydrogen-bond donors (Lipinski definition) is 1. The molecule has 0 spiro atoms. The van der Waals surface area contributed by atoms with Crippen molar-refractivity contribution in [2.75, 3.05) is 45.2 Å². The molecule has 126 valence electrons. The standard InChI is InChI=1S/C16H22ClN3O3/c1-23-12-2-3-15(21)19-8-10-20(11-9-19)16(22)18-14-6-4-13(17)5-7-14/h4-7H,2-3,8-12H2,1H3,(H,18,22). The molecule has 23 heavy (non-hydrogen) atoms. The number of nitrogens with zero attached hydrogens (tertiary/aromatic N) is 2. The van der Waals surface area contributed by atoms with Crippen LogP contribution in [-0.2, 0) is 9.53 Å². The molecule has 0 aromatic heterocycles. The zero-order valence-electron chi connectivity index (χ0n) is 13.3. The Hall–Kier alpha value is -1.79. The van der Waals surface area contributed by atoms with E-state index in [1.165, 1.54) is 0 Å². The first-order valence-corrected chi connectivity index (χ1v) is 8.06. The van der Waals surface area contributed by atoms with Gasteiger partial charge in [0.05, 0.1) is 0 Å². The lowest BCUT2D eigenvalue weighted by Gasteiger charge is -2.34. The van der Waals surface area contributed by atoms with Crippen LogP contribution >= 0.6 is 11.6 Å². The van der Waals surface area contributed by atoms with Gasteiger partial charge in [0.25, 0.3) is 0 Å². The summed E-state index contributed by atoms with van der Waals surface area (Å²) in [7, 11) is 1.63. The van der Waals surface area contributed by atoms with Crippen LogP contribution < -0.4 is 5.32 Å². The van der Waals surface area contributed by atoms with Crippen molar-refractivity contribution in [2.24, 2.45) is 0 Å². The maximum atomic E-state index is 12.2. The predicted octanol–water partition coefficient (Wildman–Crippen LogP) is 2.44. The smallest absolute Gasteiger partial charge is 0.321 e. The molecule has 3 amide bonds. The van der Waals surface area contributed by atoms with Crippen LogP contribution in [0.15, 0.2) is 24.3 Å². The second kappa shape index (κ2) is 8.74. The number of halogens is 1. The van der Waals surface area contributed by atoms with Gasteiger partial charge in [0.15, 0.2) is 0 Å². The quantitative estimate of drug-likeness (QED) is 0.838. The average molecular weight is 340 g/mol. The van der Waals surface area contributed by atoms with E-state index in [9.17, 15) is 9.59 Å². The number of carbonyl (C=O) groups excluding carboxylic acids is 2. The lowest BCUT2D eigenvalue weighted by Crippen LogP contribution is -2.51. The highest BCUT2D eigenvalue weighted by Gasteiger charge is 2.23. The van der Waals surface area contributed by atoms with E-state index in [-0.39, 0.29) is 11.9 Å². The van der Waals surface area contributed by atoms with Crippen LogP contribution in [0.2, 0.25) is 5.02 Å². The Balaban J connectivity index is 1.76. The third-order valence-electron chi connectivity index (χ3n) is 3.75. The largest absolute Gasteiger partial charge is 0.385 e. The van der Waals surface area contributed by atoms with E-state index >= 15 is 0 Å². The molecular weight excluding hydrogens is 318 g/mol. The van der Waals surface area contributed by atoms with Gasteiger partial charge in [-0.2, -0.15) is 0 Å². The Morgan fingerprint density at radius 1 is 1.13 bits per heavy atom. The molecule has 0 unspecified atom stereocenters. The number of anilines is 1. The second-order valence-electron chi connectivity index (χ2n) is 5.40. The SMILES string of the molecule is COCCCC(=O)N1CCN(C(=O)Nc2ccc(Cl)cc2)CC1. The topological polar surface area (TPSA) is 61.9 Å². The van der Waals surface area contributed by atoms with Gasteiger partial charge in [0.2, 0.25) is 5.91 Å². The minimum Gasteiger partial charge on any atom is -0.385 e. The first kappa shape index (κ1) is 17.6. The fourth-order valence-electron chi connectivity index (χ4n) is 2.42.